The van der Waals surface area contributed by atoms with Gasteiger partial charge in [-0.1, -0.05) is 11.6 Å². The van der Waals surface area contributed by atoms with Crippen molar-refractivity contribution in [3.05, 3.63) is 48.0 Å². The molecule has 0 spiro atoms. The van der Waals surface area contributed by atoms with Gasteiger partial charge in [0.15, 0.2) is 5.82 Å². The summed E-state index contributed by atoms with van der Waals surface area (Å²) in [5, 5.41) is 11.7. The standard InChI is InChI=1S/C15H13ClN6O/c16-10-1-3-11(4-2-10)22-7-5-12(15(22)23)19-13-14-20-18-9-21(14)8-6-17-13/h1-4,6,8-9,12H,5,7H2,(H,17,19). The quantitative estimate of drug-likeness (QED) is 0.796. The van der Waals surface area contributed by atoms with Crippen LogP contribution in [-0.4, -0.2) is 38.1 Å². The fourth-order valence-electron chi connectivity index (χ4n) is 2.72. The van der Waals surface area contributed by atoms with Crippen LogP contribution in [0.25, 0.3) is 5.65 Å². The third-order valence-corrected chi connectivity index (χ3v) is 4.12. The number of carbonyl (C=O) groups is 1. The molecule has 1 amide bonds. The first-order valence-corrected chi connectivity index (χ1v) is 7.58. The van der Waals surface area contributed by atoms with Gasteiger partial charge in [-0.05, 0) is 30.7 Å². The molecule has 0 saturated carbocycles. The van der Waals surface area contributed by atoms with Crippen molar-refractivity contribution in [3.8, 4) is 0 Å². The Morgan fingerprint density at radius 2 is 2.09 bits per heavy atom. The molecule has 0 radical (unpaired) electrons. The van der Waals surface area contributed by atoms with Gasteiger partial charge < -0.3 is 10.2 Å². The Morgan fingerprint density at radius 1 is 1.26 bits per heavy atom. The minimum atomic E-state index is -0.332. The van der Waals surface area contributed by atoms with Crippen LogP contribution in [0.4, 0.5) is 11.5 Å². The number of hydrogen-bond donors (Lipinski definition) is 1. The molecule has 0 bridgehead atoms. The highest BCUT2D eigenvalue weighted by Gasteiger charge is 2.33. The van der Waals surface area contributed by atoms with E-state index in [9.17, 15) is 4.79 Å². The molecule has 1 aliphatic rings. The maximum atomic E-state index is 12.6. The molecule has 0 aliphatic carbocycles. The average Bonchev–Trinajstić information content (AvgIpc) is 3.17. The first-order valence-electron chi connectivity index (χ1n) is 7.20. The summed E-state index contributed by atoms with van der Waals surface area (Å²) in [6, 6.07) is 6.92. The summed E-state index contributed by atoms with van der Waals surface area (Å²) in [5.41, 5.74) is 1.45. The highest BCUT2D eigenvalue weighted by molar-refractivity contribution is 6.30. The number of nitrogens with zero attached hydrogens (tertiary/aromatic N) is 5. The van der Waals surface area contributed by atoms with Gasteiger partial charge in [0.1, 0.15) is 12.4 Å². The van der Waals surface area contributed by atoms with E-state index in [0.29, 0.717) is 29.5 Å². The van der Waals surface area contributed by atoms with E-state index in [1.165, 1.54) is 0 Å². The normalized spacial score (nSPS) is 17.9. The van der Waals surface area contributed by atoms with Crippen LogP contribution in [0.15, 0.2) is 43.0 Å². The number of fused-ring (bicyclic) bond motifs is 1. The number of nitrogens with one attached hydrogen (secondary N) is 1. The van der Waals surface area contributed by atoms with Crippen LogP contribution >= 0.6 is 11.6 Å². The van der Waals surface area contributed by atoms with Gasteiger partial charge in [-0.3, -0.25) is 9.20 Å². The Hall–Kier alpha value is -2.67. The van der Waals surface area contributed by atoms with Crippen molar-refractivity contribution in [1.82, 2.24) is 19.6 Å². The molecule has 4 rings (SSSR count). The molecule has 23 heavy (non-hydrogen) atoms. The van der Waals surface area contributed by atoms with E-state index in [0.717, 1.165) is 5.69 Å². The molecule has 8 heteroatoms. The van der Waals surface area contributed by atoms with E-state index in [2.05, 4.69) is 20.5 Å². The molecule has 1 atom stereocenters. The fourth-order valence-corrected chi connectivity index (χ4v) is 2.84. The molecule has 3 heterocycles. The maximum Gasteiger partial charge on any atom is 0.249 e. The highest BCUT2D eigenvalue weighted by atomic mass is 35.5. The second-order valence-corrected chi connectivity index (χ2v) is 5.73. The lowest BCUT2D eigenvalue weighted by atomic mass is 10.2. The van der Waals surface area contributed by atoms with E-state index < -0.39 is 0 Å². The number of aromatic nitrogens is 4. The van der Waals surface area contributed by atoms with Crippen molar-refractivity contribution in [2.24, 2.45) is 0 Å². The number of hydrogen-bond acceptors (Lipinski definition) is 5. The first-order chi connectivity index (χ1) is 11.2. The minimum Gasteiger partial charge on any atom is -0.355 e. The monoisotopic (exact) mass is 328 g/mol. The second kappa shape index (κ2) is 5.51. The summed E-state index contributed by atoms with van der Waals surface area (Å²) < 4.78 is 1.76. The Bertz CT molecular complexity index is 862. The van der Waals surface area contributed by atoms with Gasteiger partial charge in [0.2, 0.25) is 11.6 Å². The summed E-state index contributed by atoms with van der Waals surface area (Å²) in [5.74, 6) is 0.567. The third kappa shape index (κ3) is 2.49. The van der Waals surface area contributed by atoms with Crippen LogP contribution in [0, 0.1) is 0 Å². The fraction of sp³-hybridized carbons (Fsp3) is 0.200. The lowest BCUT2D eigenvalue weighted by Crippen LogP contribution is -2.33. The van der Waals surface area contributed by atoms with Crippen LogP contribution < -0.4 is 10.2 Å². The molecule has 1 aromatic carbocycles. The van der Waals surface area contributed by atoms with Gasteiger partial charge in [0.05, 0.1) is 0 Å². The zero-order chi connectivity index (χ0) is 15.8. The molecule has 7 nitrogen and oxygen atoms in total. The average molecular weight is 329 g/mol. The van der Waals surface area contributed by atoms with Gasteiger partial charge in [-0.15, -0.1) is 10.2 Å². The third-order valence-electron chi connectivity index (χ3n) is 3.87. The molecular formula is C15H13ClN6O. The van der Waals surface area contributed by atoms with Crippen LogP contribution in [0.2, 0.25) is 5.02 Å². The van der Waals surface area contributed by atoms with E-state index in [1.807, 2.05) is 12.1 Å². The highest BCUT2D eigenvalue weighted by Crippen LogP contribution is 2.25. The molecule has 1 saturated heterocycles. The Balaban J connectivity index is 1.56. The van der Waals surface area contributed by atoms with Crippen LogP contribution in [-0.2, 0) is 4.79 Å². The topological polar surface area (TPSA) is 75.4 Å². The smallest absolute Gasteiger partial charge is 0.249 e. The molecule has 116 valence electrons. The molecule has 1 unspecified atom stereocenters. The van der Waals surface area contributed by atoms with Gasteiger partial charge in [-0.25, -0.2) is 4.98 Å². The summed E-state index contributed by atoms with van der Waals surface area (Å²) in [6.45, 7) is 0.647. The van der Waals surface area contributed by atoms with E-state index in [4.69, 9.17) is 11.6 Å². The summed E-state index contributed by atoms with van der Waals surface area (Å²) in [6.07, 6.45) is 5.70. The number of anilines is 2. The van der Waals surface area contributed by atoms with Crippen molar-refractivity contribution < 1.29 is 4.79 Å². The Kier molecular flexibility index (Phi) is 3.34. The molecule has 3 aromatic rings. The SMILES string of the molecule is O=C1C(Nc2nccn3cnnc23)CCN1c1ccc(Cl)cc1. The number of carbonyl (C=O) groups excluding carboxylic acids is 1. The molecular weight excluding hydrogens is 316 g/mol. The van der Waals surface area contributed by atoms with Gasteiger partial charge in [-0.2, -0.15) is 0 Å². The molecule has 1 fully saturated rings. The van der Waals surface area contributed by atoms with E-state index >= 15 is 0 Å². The van der Waals surface area contributed by atoms with Crippen molar-refractivity contribution >= 4 is 34.7 Å². The lowest BCUT2D eigenvalue weighted by molar-refractivity contribution is -0.117. The van der Waals surface area contributed by atoms with Crippen LogP contribution in [0.3, 0.4) is 0 Å². The summed E-state index contributed by atoms with van der Waals surface area (Å²) in [4.78, 5) is 18.6. The van der Waals surface area contributed by atoms with Crippen molar-refractivity contribution in [2.45, 2.75) is 12.5 Å². The van der Waals surface area contributed by atoms with Gasteiger partial charge >= 0.3 is 0 Å². The molecule has 2 aromatic heterocycles. The zero-order valence-corrected chi connectivity index (χ0v) is 12.8. The molecule has 1 aliphatic heterocycles. The lowest BCUT2D eigenvalue weighted by Gasteiger charge is -2.17. The molecule has 1 N–H and O–H groups in total. The van der Waals surface area contributed by atoms with Gasteiger partial charge in [0, 0.05) is 29.6 Å². The van der Waals surface area contributed by atoms with E-state index in [-0.39, 0.29) is 11.9 Å². The zero-order valence-electron chi connectivity index (χ0n) is 12.1. The number of amides is 1. The van der Waals surface area contributed by atoms with Crippen molar-refractivity contribution in [1.29, 1.82) is 0 Å². The maximum absolute atomic E-state index is 12.6. The predicted molar refractivity (Wildman–Crippen MR) is 86.6 cm³/mol. The number of halogens is 1. The summed E-state index contributed by atoms with van der Waals surface area (Å²) in [7, 11) is 0. The van der Waals surface area contributed by atoms with Crippen molar-refractivity contribution in [2.75, 3.05) is 16.8 Å². The van der Waals surface area contributed by atoms with E-state index in [1.54, 1.807) is 40.2 Å². The second-order valence-electron chi connectivity index (χ2n) is 5.29. The van der Waals surface area contributed by atoms with Crippen LogP contribution in [0.1, 0.15) is 6.42 Å². The van der Waals surface area contributed by atoms with Crippen LogP contribution in [0.5, 0.6) is 0 Å². The number of rotatable bonds is 3. The minimum absolute atomic E-state index is 0.00985. The Labute approximate surface area is 136 Å². The van der Waals surface area contributed by atoms with Gasteiger partial charge in [0.25, 0.3) is 0 Å². The number of benzene rings is 1. The predicted octanol–water partition coefficient (Wildman–Crippen LogP) is 2.00. The van der Waals surface area contributed by atoms with Crippen molar-refractivity contribution in [3.63, 3.8) is 0 Å². The first kappa shape index (κ1) is 14.0. The summed E-state index contributed by atoms with van der Waals surface area (Å²) >= 11 is 5.90. The Morgan fingerprint density at radius 3 is 2.91 bits per heavy atom. The largest absolute Gasteiger partial charge is 0.355 e.